The summed E-state index contributed by atoms with van der Waals surface area (Å²) in [6.45, 7) is 0.695. The van der Waals surface area contributed by atoms with Crippen LogP contribution >= 0.6 is 15.9 Å². The van der Waals surface area contributed by atoms with Crippen LogP contribution < -0.4 is 4.74 Å². The van der Waals surface area contributed by atoms with E-state index in [1.807, 2.05) is 0 Å². The third kappa shape index (κ3) is 5.24. The molecule has 1 aromatic rings. The monoisotopic (exact) mass is 328 g/mol. The highest BCUT2D eigenvalue weighted by Gasteiger charge is 2.28. The molecule has 102 valence electrons. The number of hydrogen-bond donors (Lipinski definition) is 1. The van der Waals surface area contributed by atoms with Gasteiger partial charge in [-0.05, 0) is 25.1 Å². The van der Waals surface area contributed by atoms with Gasteiger partial charge in [0.2, 0.25) is 0 Å². The maximum atomic E-state index is 11.7. The zero-order chi connectivity index (χ0) is 13.8. The summed E-state index contributed by atoms with van der Waals surface area (Å²) in [5.41, 5.74) is 0.497. The Bertz CT molecular complexity index is 394. The molecule has 0 saturated carbocycles. The molecule has 3 nitrogen and oxygen atoms in total. The molecule has 0 aliphatic heterocycles. The van der Waals surface area contributed by atoms with Crippen LogP contribution in [-0.2, 0) is 4.74 Å². The molecule has 1 N–H and O–H groups in total. The zero-order valence-corrected chi connectivity index (χ0v) is 11.1. The number of benzene rings is 1. The first-order valence-electron chi connectivity index (χ1n) is 5.10. The van der Waals surface area contributed by atoms with Crippen molar-refractivity contribution in [3.63, 3.8) is 0 Å². The van der Waals surface area contributed by atoms with E-state index < -0.39 is 19.1 Å². The maximum Gasteiger partial charge on any atom is 0.522 e. The van der Waals surface area contributed by atoms with Crippen LogP contribution in [0.15, 0.2) is 22.7 Å². The minimum atomic E-state index is -4.66. The smallest absolute Gasteiger partial charge is 0.491 e. The van der Waals surface area contributed by atoms with Crippen molar-refractivity contribution in [2.75, 3.05) is 13.2 Å². The lowest BCUT2D eigenvalue weighted by Crippen LogP contribution is -2.18. The van der Waals surface area contributed by atoms with Crippen molar-refractivity contribution < 1.29 is 27.8 Å². The second-order valence-electron chi connectivity index (χ2n) is 3.50. The van der Waals surface area contributed by atoms with Crippen LogP contribution in [0.25, 0.3) is 0 Å². The minimum absolute atomic E-state index is 0.249. The normalized spacial score (nSPS) is 13.4. The number of rotatable bonds is 5. The van der Waals surface area contributed by atoms with Crippen molar-refractivity contribution in [3.8, 4) is 5.75 Å². The summed E-state index contributed by atoms with van der Waals surface area (Å²) in [7, 11) is 0. The van der Waals surface area contributed by atoms with E-state index in [1.54, 1.807) is 25.1 Å². The molecule has 1 aromatic carbocycles. The molecule has 0 heterocycles. The predicted molar refractivity (Wildman–Crippen MR) is 62.3 cm³/mol. The summed E-state index contributed by atoms with van der Waals surface area (Å²) in [6, 6.07) is 4.89. The average molecular weight is 329 g/mol. The van der Waals surface area contributed by atoms with Crippen LogP contribution in [0, 0.1) is 0 Å². The topological polar surface area (TPSA) is 38.7 Å². The maximum absolute atomic E-state index is 11.7. The largest absolute Gasteiger partial charge is 0.522 e. The van der Waals surface area contributed by atoms with Crippen molar-refractivity contribution in [1.82, 2.24) is 0 Å². The Hall–Kier alpha value is -0.790. The Labute approximate surface area is 111 Å². The van der Waals surface area contributed by atoms with Crippen molar-refractivity contribution in [2.24, 2.45) is 0 Å². The molecule has 1 rings (SSSR count). The molecule has 0 radical (unpaired) electrons. The highest BCUT2D eigenvalue weighted by atomic mass is 79.9. The van der Waals surface area contributed by atoms with E-state index in [4.69, 9.17) is 4.74 Å². The van der Waals surface area contributed by atoms with Gasteiger partial charge in [-0.3, -0.25) is 4.74 Å². The van der Waals surface area contributed by atoms with Gasteiger partial charge in [-0.1, -0.05) is 15.9 Å². The molecule has 0 aliphatic rings. The molecular weight excluding hydrogens is 317 g/mol. The number of halogens is 4. The fourth-order valence-corrected chi connectivity index (χ4v) is 1.67. The summed E-state index contributed by atoms with van der Waals surface area (Å²) < 4.78 is 44.6. The molecule has 0 aromatic heterocycles. The molecule has 7 heteroatoms. The Kier molecular flexibility index (Phi) is 5.43. The first-order chi connectivity index (χ1) is 8.29. The van der Waals surface area contributed by atoms with Gasteiger partial charge >= 0.3 is 6.36 Å². The van der Waals surface area contributed by atoms with E-state index in [1.165, 1.54) is 0 Å². The van der Waals surface area contributed by atoms with E-state index in [0.717, 1.165) is 4.47 Å². The lowest BCUT2D eigenvalue weighted by molar-refractivity contribution is -0.325. The third-order valence-electron chi connectivity index (χ3n) is 2.03. The van der Waals surface area contributed by atoms with Crippen LogP contribution in [-0.4, -0.2) is 24.7 Å². The summed E-state index contributed by atoms with van der Waals surface area (Å²) in [4.78, 5) is 0. The van der Waals surface area contributed by atoms with Gasteiger partial charge in [-0.25, -0.2) is 0 Å². The van der Waals surface area contributed by atoms with E-state index in [-0.39, 0.29) is 6.61 Å². The summed E-state index contributed by atoms with van der Waals surface area (Å²) in [6.07, 6.45) is -5.43. The molecular formula is C11H12BrF3O3. The van der Waals surface area contributed by atoms with Gasteiger partial charge in [0.25, 0.3) is 0 Å². The van der Waals surface area contributed by atoms with Crippen molar-refractivity contribution in [2.45, 2.75) is 19.4 Å². The third-order valence-corrected chi connectivity index (χ3v) is 2.52. The zero-order valence-electron chi connectivity index (χ0n) is 9.50. The lowest BCUT2D eigenvalue weighted by atomic mass is 10.1. The summed E-state index contributed by atoms with van der Waals surface area (Å²) in [5.74, 6) is 0.332. The quantitative estimate of drug-likeness (QED) is 0.842. The lowest BCUT2D eigenvalue weighted by Gasteiger charge is -2.14. The van der Waals surface area contributed by atoms with Gasteiger partial charge in [-0.15, -0.1) is 13.2 Å². The average Bonchev–Trinajstić information content (AvgIpc) is 2.24. The first kappa shape index (κ1) is 15.3. The number of hydrogen-bond acceptors (Lipinski definition) is 3. The van der Waals surface area contributed by atoms with Gasteiger partial charge < -0.3 is 9.84 Å². The van der Waals surface area contributed by atoms with Gasteiger partial charge in [0.1, 0.15) is 12.4 Å². The van der Waals surface area contributed by atoms with Crippen LogP contribution in [0.5, 0.6) is 5.75 Å². The molecule has 1 unspecified atom stereocenters. The number of aliphatic hydroxyl groups excluding tert-OH is 1. The molecule has 0 amide bonds. The number of alkyl halides is 3. The van der Waals surface area contributed by atoms with Crippen LogP contribution in [0.3, 0.4) is 0 Å². The second kappa shape index (κ2) is 6.40. The molecule has 0 spiro atoms. The highest BCUT2D eigenvalue weighted by molar-refractivity contribution is 9.10. The molecule has 0 fully saturated rings. The van der Waals surface area contributed by atoms with Gasteiger partial charge in [0.15, 0.2) is 0 Å². The highest BCUT2D eigenvalue weighted by Crippen LogP contribution is 2.28. The Morgan fingerprint density at radius 2 is 2.00 bits per heavy atom. The summed E-state index contributed by atoms with van der Waals surface area (Å²) in [5, 5.41) is 9.50. The Morgan fingerprint density at radius 3 is 2.56 bits per heavy atom. The molecule has 18 heavy (non-hydrogen) atoms. The Morgan fingerprint density at radius 1 is 1.33 bits per heavy atom. The van der Waals surface area contributed by atoms with E-state index >= 15 is 0 Å². The van der Waals surface area contributed by atoms with Crippen LogP contribution in [0.4, 0.5) is 13.2 Å². The van der Waals surface area contributed by atoms with Crippen molar-refractivity contribution in [1.29, 1.82) is 0 Å². The number of ether oxygens (including phenoxy) is 2. The fourth-order valence-electron chi connectivity index (χ4n) is 1.29. The van der Waals surface area contributed by atoms with Crippen LogP contribution in [0.2, 0.25) is 0 Å². The van der Waals surface area contributed by atoms with Gasteiger partial charge in [-0.2, -0.15) is 0 Å². The molecule has 0 aliphatic carbocycles. The van der Waals surface area contributed by atoms with Gasteiger partial charge in [0.05, 0.1) is 12.7 Å². The fraction of sp³-hybridized carbons (Fsp3) is 0.455. The van der Waals surface area contributed by atoms with E-state index in [0.29, 0.717) is 11.3 Å². The minimum Gasteiger partial charge on any atom is -0.491 e. The van der Waals surface area contributed by atoms with E-state index in [2.05, 4.69) is 20.7 Å². The van der Waals surface area contributed by atoms with E-state index in [9.17, 15) is 18.3 Å². The second-order valence-corrected chi connectivity index (χ2v) is 4.42. The predicted octanol–water partition coefficient (Wildman–Crippen LogP) is 3.42. The molecule has 0 bridgehead atoms. The van der Waals surface area contributed by atoms with Gasteiger partial charge in [0, 0.05) is 10.0 Å². The van der Waals surface area contributed by atoms with Crippen molar-refractivity contribution >= 4 is 15.9 Å². The number of aliphatic hydroxyl groups is 1. The SMILES string of the molecule is CC(O)c1cc(Br)ccc1OCCOC(F)(F)F. The van der Waals surface area contributed by atoms with Crippen LogP contribution in [0.1, 0.15) is 18.6 Å². The summed E-state index contributed by atoms with van der Waals surface area (Å²) >= 11 is 3.23. The molecule has 0 saturated heterocycles. The van der Waals surface area contributed by atoms with Crippen molar-refractivity contribution in [3.05, 3.63) is 28.2 Å². The first-order valence-corrected chi connectivity index (χ1v) is 5.90. The Balaban J connectivity index is 2.57. The molecule has 1 atom stereocenters. The standard InChI is InChI=1S/C11H12BrF3O3/c1-7(16)9-6-8(12)2-3-10(9)17-4-5-18-11(13,14)15/h2-3,6-7,16H,4-5H2,1H3.